The molecular weight excluding hydrogens is 263 g/mol. The molecule has 2 rings (SSSR count). The molecule has 0 aromatic rings. The summed E-state index contributed by atoms with van der Waals surface area (Å²) in [5.41, 5.74) is 1.05. The predicted molar refractivity (Wildman–Crippen MR) is 67.2 cm³/mol. The Hall–Kier alpha value is -0.220. The minimum atomic E-state index is -0.679. The van der Waals surface area contributed by atoms with Crippen molar-refractivity contribution < 1.29 is 15.3 Å². The fourth-order valence-electron chi connectivity index (χ4n) is 2.50. The maximum Gasteiger partial charge on any atom is 0.129 e. The van der Waals surface area contributed by atoms with Crippen LogP contribution < -0.4 is 0 Å². The Kier molecular flexibility index (Phi) is 4.03. The maximum atomic E-state index is 9.66. The molecule has 96 valence electrons. The second-order valence-corrected chi connectivity index (χ2v) is 5.70. The van der Waals surface area contributed by atoms with Crippen LogP contribution in [0.3, 0.4) is 0 Å². The summed E-state index contributed by atoms with van der Waals surface area (Å²) < 4.78 is 0. The van der Waals surface area contributed by atoms with Gasteiger partial charge in [-0.3, -0.25) is 0 Å². The quantitative estimate of drug-likeness (QED) is 0.646. The van der Waals surface area contributed by atoms with Gasteiger partial charge in [-0.25, -0.2) is 0 Å². The Morgan fingerprint density at radius 2 is 1.88 bits per heavy atom. The molecule has 0 radical (unpaired) electrons. The molecule has 1 fully saturated rings. The summed E-state index contributed by atoms with van der Waals surface area (Å²) in [6, 6.07) is 0. The lowest BCUT2D eigenvalue weighted by atomic mass is 9.78. The number of alkyl halides is 1. The van der Waals surface area contributed by atoms with Gasteiger partial charge < -0.3 is 15.3 Å². The lowest BCUT2D eigenvalue weighted by Gasteiger charge is -2.33. The van der Waals surface area contributed by atoms with Crippen LogP contribution in [0.15, 0.2) is 22.4 Å². The van der Waals surface area contributed by atoms with Crippen LogP contribution in [0.2, 0.25) is 0 Å². The van der Waals surface area contributed by atoms with E-state index in [0.717, 1.165) is 12.0 Å². The Balaban J connectivity index is 2.12. The highest BCUT2D eigenvalue weighted by molar-refractivity contribution is 6.33. The Morgan fingerprint density at radius 3 is 2.47 bits per heavy atom. The minimum Gasteiger partial charge on any atom is -0.509 e. The summed E-state index contributed by atoms with van der Waals surface area (Å²) in [6.45, 7) is 0. The third-order valence-electron chi connectivity index (χ3n) is 3.57. The smallest absolute Gasteiger partial charge is 0.129 e. The molecule has 0 spiro atoms. The summed E-state index contributed by atoms with van der Waals surface area (Å²) in [5.74, 6) is 0.213. The van der Waals surface area contributed by atoms with E-state index >= 15 is 0 Å². The lowest BCUT2D eigenvalue weighted by molar-refractivity contribution is -0.0207. The standard InChI is InChI=1S/C12H16Cl2O3/c13-8-3-7(4-9(14)12(8)17)6-1-2-10(15)11(16)5-6/h3,6,9-11,15-17H,1-2,4-5H2. The van der Waals surface area contributed by atoms with Gasteiger partial charge in [0, 0.05) is 0 Å². The number of rotatable bonds is 1. The van der Waals surface area contributed by atoms with Crippen molar-refractivity contribution in [2.24, 2.45) is 5.92 Å². The van der Waals surface area contributed by atoms with Crippen LogP contribution in [-0.2, 0) is 0 Å². The molecule has 5 heteroatoms. The average molecular weight is 279 g/mol. The first-order valence-corrected chi connectivity index (χ1v) is 6.59. The van der Waals surface area contributed by atoms with Gasteiger partial charge in [-0.2, -0.15) is 0 Å². The van der Waals surface area contributed by atoms with E-state index in [1.54, 1.807) is 6.08 Å². The van der Waals surface area contributed by atoms with E-state index < -0.39 is 17.6 Å². The largest absolute Gasteiger partial charge is 0.509 e. The molecule has 1 saturated carbocycles. The fourth-order valence-corrected chi connectivity index (χ4v) is 3.12. The van der Waals surface area contributed by atoms with E-state index in [2.05, 4.69) is 0 Å². The van der Waals surface area contributed by atoms with Crippen LogP contribution in [0.25, 0.3) is 0 Å². The van der Waals surface area contributed by atoms with Crippen molar-refractivity contribution >= 4 is 23.2 Å². The van der Waals surface area contributed by atoms with Gasteiger partial charge in [0.05, 0.1) is 22.6 Å². The van der Waals surface area contributed by atoms with Crippen LogP contribution in [0.5, 0.6) is 0 Å². The first-order valence-electron chi connectivity index (χ1n) is 5.78. The number of allylic oxidation sites excluding steroid dienone is 4. The summed E-state index contributed by atoms with van der Waals surface area (Å²) in [7, 11) is 0. The van der Waals surface area contributed by atoms with Crippen molar-refractivity contribution in [3.05, 3.63) is 22.4 Å². The van der Waals surface area contributed by atoms with Crippen molar-refractivity contribution in [1.82, 2.24) is 0 Å². The van der Waals surface area contributed by atoms with Gasteiger partial charge in [0.2, 0.25) is 0 Å². The van der Waals surface area contributed by atoms with Crippen molar-refractivity contribution in [3.63, 3.8) is 0 Å². The van der Waals surface area contributed by atoms with Crippen LogP contribution in [-0.4, -0.2) is 32.9 Å². The van der Waals surface area contributed by atoms with Gasteiger partial charge in [-0.1, -0.05) is 17.2 Å². The molecule has 0 aliphatic heterocycles. The van der Waals surface area contributed by atoms with Gasteiger partial charge in [-0.15, -0.1) is 11.6 Å². The fraction of sp³-hybridized carbons (Fsp3) is 0.667. The normalized spacial score (nSPS) is 39.2. The summed E-state index contributed by atoms with van der Waals surface area (Å²) in [5, 5.41) is 28.5. The van der Waals surface area contributed by atoms with Crippen molar-refractivity contribution in [1.29, 1.82) is 0 Å². The highest BCUT2D eigenvalue weighted by Gasteiger charge is 2.32. The lowest BCUT2D eigenvalue weighted by Crippen LogP contribution is -2.34. The van der Waals surface area contributed by atoms with Gasteiger partial charge >= 0.3 is 0 Å². The van der Waals surface area contributed by atoms with Gasteiger partial charge in [0.15, 0.2) is 0 Å². The van der Waals surface area contributed by atoms with Crippen LogP contribution in [0.1, 0.15) is 25.7 Å². The average Bonchev–Trinajstić information content (AvgIpc) is 2.29. The number of hydrogen-bond acceptors (Lipinski definition) is 3. The molecule has 3 nitrogen and oxygen atoms in total. The first kappa shape index (κ1) is 13.2. The summed E-state index contributed by atoms with van der Waals surface area (Å²) in [4.78, 5) is 0. The molecule has 2 aliphatic rings. The molecule has 0 aromatic heterocycles. The SMILES string of the molecule is OC1=C(Cl)C=C(C2CCC(O)C(O)C2)CC1Cl. The third kappa shape index (κ3) is 2.79. The zero-order valence-corrected chi connectivity index (χ0v) is 10.8. The number of halogens is 2. The molecule has 0 saturated heterocycles. The number of hydrogen-bond donors (Lipinski definition) is 3. The molecule has 2 aliphatic carbocycles. The molecule has 0 amide bonds. The van der Waals surface area contributed by atoms with Crippen molar-refractivity contribution in [2.45, 2.75) is 43.3 Å². The minimum absolute atomic E-state index is 0.0217. The van der Waals surface area contributed by atoms with Gasteiger partial charge in [0.25, 0.3) is 0 Å². The zero-order valence-electron chi connectivity index (χ0n) is 9.31. The maximum absolute atomic E-state index is 9.66. The number of aliphatic hydroxyl groups excluding tert-OH is 3. The Labute approximate surface area is 110 Å². The van der Waals surface area contributed by atoms with E-state index in [0.29, 0.717) is 19.3 Å². The van der Waals surface area contributed by atoms with E-state index in [-0.39, 0.29) is 16.7 Å². The van der Waals surface area contributed by atoms with E-state index in [1.165, 1.54) is 0 Å². The van der Waals surface area contributed by atoms with Gasteiger partial charge in [-0.05, 0) is 37.7 Å². The van der Waals surface area contributed by atoms with Crippen LogP contribution >= 0.6 is 23.2 Å². The topological polar surface area (TPSA) is 60.7 Å². The van der Waals surface area contributed by atoms with E-state index in [1.807, 2.05) is 0 Å². The van der Waals surface area contributed by atoms with E-state index in [4.69, 9.17) is 23.2 Å². The molecule has 0 heterocycles. The van der Waals surface area contributed by atoms with Crippen molar-refractivity contribution in [2.75, 3.05) is 0 Å². The molecule has 0 aromatic carbocycles. The second kappa shape index (κ2) is 5.19. The molecular formula is C12H16Cl2O3. The monoisotopic (exact) mass is 278 g/mol. The zero-order chi connectivity index (χ0) is 12.6. The highest BCUT2D eigenvalue weighted by Crippen LogP contribution is 2.38. The van der Waals surface area contributed by atoms with Gasteiger partial charge in [0.1, 0.15) is 5.76 Å². The summed E-state index contributed by atoms with van der Waals surface area (Å²) >= 11 is 11.9. The van der Waals surface area contributed by atoms with Crippen LogP contribution in [0, 0.1) is 5.92 Å². The summed E-state index contributed by atoms with van der Waals surface area (Å²) in [6.07, 6.45) is 2.93. The molecule has 4 atom stereocenters. The Morgan fingerprint density at radius 1 is 1.18 bits per heavy atom. The third-order valence-corrected chi connectivity index (χ3v) is 4.24. The molecule has 4 unspecified atom stereocenters. The highest BCUT2D eigenvalue weighted by atomic mass is 35.5. The van der Waals surface area contributed by atoms with Crippen molar-refractivity contribution in [3.8, 4) is 0 Å². The van der Waals surface area contributed by atoms with E-state index in [9.17, 15) is 15.3 Å². The van der Waals surface area contributed by atoms with Crippen LogP contribution in [0.4, 0.5) is 0 Å². The Bertz CT molecular complexity index is 365. The first-order chi connectivity index (χ1) is 7.99. The molecule has 0 bridgehead atoms. The molecule has 17 heavy (non-hydrogen) atoms. The number of aliphatic hydroxyl groups is 3. The second-order valence-electron chi connectivity index (χ2n) is 4.77. The molecule has 3 N–H and O–H groups in total. The predicted octanol–water partition coefficient (Wildman–Crippen LogP) is 2.45.